The fourth-order valence-corrected chi connectivity index (χ4v) is 1.33. The molecule has 1 unspecified atom stereocenters. The van der Waals surface area contributed by atoms with Crippen LogP contribution < -0.4 is 5.73 Å². The van der Waals surface area contributed by atoms with Gasteiger partial charge < -0.3 is 10.5 Å². The molecule has 0 spiro atoms. The Morgan fingerprint density at radius 3 is 3.15 bits per heavy atom. The van der Waals surface area contributed by atoms with Crippen LogP contribution in [0.15, 0.2) is 6.20 Å². The molecule has 2 N–H and O–H groups in total. The molecule has 1 rings (SSSR count). The molecular formula is C7H13ClN4O. The summed E-state index contributed by atoms with van der Waals surface area (Å²) in [6.45, 7) is 1.59. The van der Waals surface area contributed by atoms with E-state index in [4.69, 9.17) is 22.1 Å². The molecule has 0 aromatic carbocycles. The molecule has 5 nitrogen and oxygen atoms in total. The summed E-state index contributed by atoms with van der Waals surface area (Å²) >= 11 is 6.02. The summed E-state index contributed by atoms with van der Waals surface area (Å²) in [4.78, 5) is 0. The molecule has 0 aliphatic carbocycles. The largest absolute Gasteiger partial charge is 0.383 e. The van der Waals surface area contributed by atoms with E-state index in [0.29, 0.717) is 19.7 Å². The SMILES string of the molecule is COCC(Cl)c1cnnn1CCN. The molecule has 1 aromatic heterocycles. The van der Waals surface area contributed by atoms with Gasteiger partial charge in [-0.15, -0.1) is 16.7 Å². The standard InChI is InChI=1S/C7H13ClN4O/c1-13-5-6(8)7-4-10-11-12(7)3-2-9/h4,6H,2-3,5,9H2,1H3. The zero-order chi connectivity index (χ0) is 9.68. The lowest BCUT2D eigenvalue weighted by Crippen LogP contribution is -2.15. The summed E-state index contributed by atoms with van der Waals surface area (Å²) in [5.74, 6) is 0. The summed E-state index contributed by atoms with van der Waals surface area (Å²) in [6, 6.07) is 0. The number of aromatic nitrogens is 3. The maximum Gasteiger partial charge on any atom is 0.100 e. The molecule has 0 radical (unpaired) electrons. The summed E-state index contributed by atoms with van der Waals surface area (Å²) < 4.78 is 6.62. The molecule has 6 heteroatoms. The fourth-order valence-electron chi connectivity index (χ4n) is 1.04. The van der Waals surface area contributed by atoms with E-state index in [1.54, 1.807) is 18.0 Å². The zero-order valence-corrected chi connectivity index (χ0v) is 8.24. The van der Waals surface area contributed by atoms with Crippen LogP contribution >= 0.6 is 11.6 Å². The first-order valence-electron chi connectivity index (χ1n) is 4.01. The molecule has 1 heterocycles. The highest BCUT2D eigenvalue weighted by atomic mass is 35.5. The number of nitrogens with two attached hydrogens (primary N) is 1. The Balaban J connectivity index is 2.68. The zero-order valence-electron chi connectivity index (χ0n) is 7.48. The minimum absolute atomic E-state index is 0.216. The molecule has 0 amide bonds. The van der Waals surface area contributed by atoms with Gasteiger partial charge in [-0.2, -0.15) is 0 Å². The monoisotopic (exact) mass is 204 g/mol. The third-order valence-corrected chi connectivity index (χ3v) is 1.97. The number of halogens is 1. The quantitative estimate of drug-likeness (QED) is 0.695. The lowest BCUT2D eigenvalue weighted by atomic mass is 10.3. The van der Waals surface area contributed by atoms with Gasteiger partial charge in [0.1, 0.15) is 5.38 Å². The molecule has 0 saturated heterocycles. The highest BCUT2D eigenvalue weighted by Gasteiger charge is 2.13. The second-order valence-electron chi connectivity index (χ2n) is 2.59. The topological polar surface area (TPSA) is 66.0 Å². The van der Waals surface area contributed by atoms with Crippen LogP contribution in [-0.4, -0.2) is 35.3 Å². The number of nitrogens with zero attached hydrogens (tertiary/aromatic N) is 3. The van der Waals surface area contributed by atoms with Crippen molar-refractivity contribution >= 4 is 11.6 Å². The van der Waals surface area contributed by atoms with Gasteiger partial charge in [0.15, 0.2) is 0 Å². The third kappa shape index (κ3) is 2.65. The first kappa shape index (κ1) is 10.4. The summed E-state index contributed by atoms with van der Waals surface area (Å²) in [5.41, 5.74) is 6.24. The first-order chi connectivity index (χ1) is 6.29. The Kier molecular flexibility index (Phi) is 4.14. The summed E-state index contributed by atoms with van der Waals surface area (Å²) in [5, 5.41) is 7.40. The first-order valence-corrected chi connectivity index (χ1v) is 4.44. The van der Waals surface area contributed by atoms with Gasteiger partial charge in [0, 0.05) is 13.7 Å². The van der Waals surface area contributed by atoms with Crippen LogP contribution in [0, 0.1) is 0 Å². The average Bonchev–Trinajstić information content (AvgIpc) is 2.54. The van der Waals surface area contributed by atoms with Crippen molar-refractivity contribution in [2.75, 3.05) is 20.3 Å². The number of hydrogen-bond donors (Lipinski definition) is 1. The van der Waals surface area contributed by atoms with Crippen molar-refractivity contribution in [3.05, 3.63) is 11.9 Å². The normalized spacial score (nSPS) is 13.2. The predicted octanol–water partition coefficient (Wildman–Crippen LogP) is 0.163. The van der Waals surface area contributed by atoms with Crippen LogP contribution in [0.5, 0.6) is 0 Å². The molecule has 0 bridgehead atoms. The van der Waals surface area contributed by atoms with Gasteiger partial charge in [-0.3, -0.25) is 0 Å². The minimum atomic E-state index is -0.216. The molecule has 0 saturated carbocycles. The van der Waals surface area contributed by atoms with Crippen molar-refractivity contribution < 1.29 is 4.74 Å². The lowest BCUT2D eigenvalue weighted by Gasteiger charge is -2.09. The highest BCUT2D eigenvalue weighted by Crippen LogP contribution is 2.18. The minimum Gasteiger partial charge on any atom is -0.383 e. The number of methoxy groups -OCH3 is 1. The van der Waals surface area contributed by atoms with Crippen molar-refractivity contribution in [1.29, 1.82) is 0 Å². The number of rotatable bonds is 5. The molecule has 74 valence electrons. The molecule has 0 aliphatic heterocycles. The van der Waals surface area contributed by atoms with E-state index >= 15 is 0 Å². The Hall–Kier alpha value is -0.650. The number of ether oxygens (including phenoxy) is 1. The van der Waals surface area contributed by atoms with Crippen molar-refractivity contribution in [1.82, 2.24) is 15.0 Å². The molecule has 0 fully saturated rings. The lowest BCUT2D eigenvalue weighted by molar-refractivity contribution is 0.196. The molecule has 13 heavy (non-hydrogen) atoms. The fraction of sp³-hybridized carbons (Fsp3) is 0.714. The second kappa shape index (κ2) is 5.16. The van der Waals surface area contributed by atoms with Crippen LogP contribution in [0.2, 0.25) is 0 Å². The third-order valence-electron chi connectivity index (χ3n) is 1.62. The van der Waals surface area contributed by atoms with Gasteiger partial charge in [-0.25, -0.2) is 4.68 Å². The predicted molar refractivity (Wildman–Crippen MR) is 49.5 cm³/mol. The van der Waals surface area contributed by atoms with Crippen molar-refractivity contribution in [3.63, 3.8) is 0 Å². The van der Waals surface area contributed by atoms with Crippen LogP contribution in [0.25, 0.3) is 0 Å². The van der Waals surface area contributed by atoms with Gasteiger partial charge in [0.25, 0.3) is 0 Å². The van der Waals surface area contributed by atoms with E-state index in [2.05, 4.69) is 10.3 Å². The van der Waals surface area contributed by atoms with E-state index in [9.17, 15) is 0 Å². The molecule has 1 aromatic rings. The van der Waals surface area contributed by atoms with Crippen LogP contribution in [0.3, 0.4) is 0 Å². The maximum absolute atomic E-state index is 6.02. The molecule has 0 aliphatic rings. The molecular weight excluding hydrogens is 192 g/mol. The van der Waals surface area contributed by atoms with Crippen molar-refractivity contribution in [2.24, 2.45) is 5.73 Å². The van der Waals surface area contributed by atoms with E-state index in [1.807, 2.05) is 0 Å². The van der Waals surface area contributed by atoms with E-state index in [0.717, 1.165) is 5.69 Å². The van der Waals surface area contributed by atoms with Crippen LogP contribution in [-0.2, 0) is 11.3 Å². The Labute approximate surface area is 81.8 Å². The second-order valence-corrected chi connectivity index (χ2v) is 3.12. The van der Waals surface area contributed by atoms with Crippen LogP contribution in [0.4, 0.5) is 0 Å². The van der Waals surface area contributed by atoms with Crippen LogP contribution in [0.1, 0.15) is 11.1 Å². The smallest absolute Gasteiger partial charge is 0.100 e. The van der Waals surface area contributed by atoms with Gasteiger partial charge >= 0.3 is 0 Å². The number of alkyl halides is 1. The average molecular weight is 205 g/mol. The number of hydrogen-bond acceptors (Lipinski definition) is 4. The Bertz CT molecular complexity index is 252. The maximum atomic E-state index is 6.02. The van der Waals surface area contributed by atoms with Crippen molar-refractivity contribution in [2.45, 2.75) is 11.9 Å². The summed E-state index contributed by atoms with van der Waals surface area (Å²) in [6.07, 6.45) is 1.63. The van der Waals surface area contributed by atoms with Crippen molar-refractivity contribution in [3.8, 4) is 0 Å². The summed E-state index contributed by atoms with van der Waals surface area (Å²) in [7, 11) is 1.60. The van der Waals surface area contributed by atoms with Gasteiger partial charge in [-0.05, 0) is 0 Å². The van der Waals surface area contributed by atoms with Gasteiger partial charge in [0.2, 0.25) is 0 Å². The van der Waals surface area contributed by atoms with Gasteiger partial charge in [-0.1, -0.05) is 5.21 Å². The van der Waals surface area contributed by atoms with E-state index < -0.39 is 0 Å². The van der Waals surface area contributed by atoms with Gasteiger partial charge in [0.05, 0.1) is 25.0 Å². The highest BCUT2D eigenvalue weighted by molar-refractivity contribution is 6.20. The molecule has 1 atom stereocenters. The van der Waals surface area contributed by atoms with E-state index in [-0.39, 0.29) is 5.38 Å². The Morgan fingerprint density at radius 2 is 2.54 bits per heavy atom. The van der Waals surface area contributed by atoms with E-state index in [1.165, 1.54) is 0 Å². The Morgan fingerprint density at radius 1 is 1.77 bits per heavy atom.